The van der Waals surface area contributed by atoms with Crippen LogP contribution in [-0.2, 0) is 11.3 Å². The lowest BCUT2D eigenvalue weighted by Crippen LogP contribution is -2.36. The second-order valence-corrected chi connectivity index (χ2v) is 5.17. The topological polar surface area (TPSA) is 39.2 Å². The van der Waals surface area contributed by atoms with Crippen molar-refractivity contribution in [3.8, 4) is 0 Å². The molecule has 3 heteroatoms. The highest BCUT2D eigenvalue weighted by atomic mass is 16.5. The van der Waals surface area contributed by atoms with Crippen molar-refractivity contribution in [2.24, 2.45) is 5.92 Å². The van der Waals surface area contributed by atoms with E-state index in [4.69, 9.17) is 4.74 Å². The van der Waals surface area contributed by atoms with E-state index >= 15 is 0 Å². The number of carbonyl (C=O) groups excluding carboxylic acids is 1. The van der Waals surface area contributed by atoms with Crippen LogP contribution in [0, 0.1) is 5.92 Å². The van der Waals surface area contributed by atoms with Crippen LogP contribution < -0.4 is 0 Å². The fourth-order valence-corrected chi connectivity index (χ4v) is 2.42. The lowest BCUT2D eigenvalue weighted by molar-refractivity contribution is -0.0331. The summed E-state index contributed by atoms with van der Waals surface area (Å²) in [5, 5.41) is 0. The largest absolute Gasteiger partial charge is 0.373 e. The van der Waals surface area contributed by atoms with E-state index in [0.29, 0.717) is 12.3 Å². The van der Waals surface area contributed by atoms with Crippen molar-refractivity contribution in [2.45, 2.75) is 25.6 Å². The lowest BCUT2D eigenvalue weighted by atomic mass is 9.78. The Morgan fingerprint density at radius 3 is 2.55 bits per heavy atom. The summed E-state index contributed by atoms with van der Waals surface area (Å²) in [6, 6.07) is 15.6. The van der Waals surface area contributed by atoms with Crippen LogP contribution in [0.4, 0.5) is 0 Å². The molecular weight excluding hydrogens is 250 g/mol. The van der Waals surface area contributed by atoms with Gasteiger partial charge in [-0.15, -0.1) is 0 Å². The van der Waals surface area contributed by atoms with Gasteiger partial charge >= 0.3 is 0 Å². The van der Waals surface area contributed by atoms with E-state index in [9.17, 15) is 4.79 Å². The molecule has 1 aliphatic carbocycles. The van der Waals surface area contributed by atoms with Crippen LogP contribution in [0.15, 0.2) is 54.7 Å². The first-order valence-electron chi connectivity index (χ1n) is 6.93. The number of rotatable bonds is 5. The van der Waals surface area contributed by atoms with E-state index in [1.165, 1.54) is 5.56 Å². The molecule has 0 bridgehead atoms. The van der Waals surface area contributed by atoms with Crippen LogP contribution in [0.25, 0.3) is 0 Å². The van der Waals surface area contributed by atoms with E-state index in [0.717, 1.165) is 12.8 Å². The Labute approximate surface area is 118 Å². The highest BCUT2D eigenvalue weighted by molar-refractivity contribution is 5.96. The summed E-state index contributed by atoms with van der Waals surface area (Å²) in [6.45, 7) is 0.621. The smallest absolute Gasteiger partial charge is 0.184 e. The quantitative estimate of drug-likeness (QED) is 0.780. The zero-order valence-electron chi connectivity index (χ0n) is 11.2. The standard InChI is InChI=1S/C17H17NO2/c19-17(16-8-4-5-9-18-16)14-10-15(11-14)20-12-13-6-2-1-3-7-13/h1-9,14-15H,10-12H2. The van der Waals surface area contributed by atoms with Crippen LogP contribution in [0.2, 0.25) is 0 Å². The second kappa shape index (κ2) is 5.97. The molecule has 0 amide bonds. The molecular formula is C17H17NO2. The fourth-order valence-electron chi connectivity index (χ4n) is 2.42. The summed E-state index contributed by atoms with van der Waals surface area (Å²) >= 11 is 0. The molecule has 102 valence electrons. The summed E-state index contributed by atoms with van der Waals surface area (Å²) in [5.41, 5.74) is 1.74. The van der Waals surface area contributed by atoms with Gasteiger partial charge in [0.1, 0.15) is 5.69 Å². The van der Waals surface area contributed by atoms with Gasteiger partial charge in [0.05, 0.1) is 12.7 Å². The molecule has 3 nitrogen and oxygen atoms in total. The number of hydrogen-bond donors (Lipinski definition) is 0. The Hall–Kier alpha value is -2.00. The Morgan fingerprint density at radius 1 is 1.10 bits per heavy atom. The lowest BCUT2D eigenvalue weighted by Gasteiger charge is -2.33. The first-order valence-corrected chi connectivity index (χ1v) is 6.93. The molecule has 2 aromatic rings. The number of ether oxygens (including phenoxy) is 1. The second-order valence-electron chi connectivity index (χ2n) is 5.17. The molecule has 0 atom stereocenters. The van der Waals surface area contributed by atoms with Gasteiger partial charge in [-0.2, -0.15) is 0 Å². The molecule has 0 N–H and O–H groups in total. The van der Waals surface area contributed by atoms with Gasteiger partial charge in [-0.25, -0.2) is 0 Å². The minimum Gasteiger partial charge on any atom is -0.373 e. The van der Waals surface area contributed by atoms with Crippen molar-refractivity contribution in [3.63, 3.8) is 0 Å². The fraction of sp³-hybridized carbons (Fsp3) is 0.294. The maximum Gasteiger partial charge on any atom is 0.184 e. The van der Waals surface area contributed by atoms with Gasteiger partial charge in [0.2, 0.25) is 0 Å². The van der Waals surface area contributed by atoms with Gasteiger partial charge in [0.25, 0.3) is 0 Å². The van der Waals surface area contributed by atoms with Crippen LogP contribution >= 0.6 is 0 Å². The van der Waals surface area contributed by atoms with Crippen LogP contribution in [-0.4, -0.2) is 16.9 Å². The number of pyridine rings is 1. The molecule has 0 radical (unpaired) electrons. The Bertz CT molecular complexity index is 562. The minimum atomic E-state index is 0.0747. The molecule has 1 saturated carbocycles. The Morgan fingerprint density at radius 2 is 1.85 bits per heavy atom. The van der Waals surface area contributed by atoms with E-state index in [1.54, 1.807) is 12.3 Å². The normalized spacial score (nSPS) is 21.2. The summed E-state index contributed by atoms with van der Waals surface area (Å²) in [7, 11) is 0. The first-order chi connectivity index (χ1) is 9.83. The molecule has 0 saturated heterocycles. The molecule has 1 aromatic heterocycles. The van der Waals surface area contributed by atoms with Crippen molar-refractivity contribution in [1.82, 2.24) is 4.98 Å². The van der Waals surface area contributed by atoms with Gasteiger partial charge in [-0.3, -0.25) is 9.78 Å². The van der Waals surface area contributed by atoms with Gasteiger partial charge in [-0.05, 0) is 30.5 Å². The average molecular weight is 267 g/mol. The van der Waals surface area contributed by atoms with Crippen molar-refractivity contribution in [2.75, 3.05) is 0 Å². The van der Waals surface area contributed by atoms with Gasteiger partial charge in [0.15, 0.2) is 5.78 Å². The van der Waals surface area contributed by atoms with Gasteiger partial charge in [0, 0.05) is 12.1 Å². The zero-order chi connectivity index (χ0) is 13.8. The first kappa shape index (κ1) is 13.0. The third-order valence-corrected chi connectivity index (χ3v) is 3.71. The number of ketones is 1. The summed E-state index contributed by atoms with van der Waals surface area (Å²) < 4.78 is 5.81. The molecule has 1 fully saturated rings. The highest BCUT2D eigenvalue weighted by Crippen LogP contribution is 2.33. The molecule has 0 aliphatic heterocycles. The highest BCUT2D eigenvalue weighted by Gasteiger charge is 2.35. The molecule has 0 unspecified atom stereocenters. The number of benzene rings is 1. The average Bonchev–Trinajstić information content (AvgIpc) is 2.47. The summed E-state index contributed by atoms with van der Waals surface area (Å²) in [4.78, 5) is 16.2. The van der Waals surface area contributed by atoms with E-state index in [1.807, 2.05) is 30.3 Å². The van der Waals surface area contributed by atoms with Crippen molar-refractivity contribution < 1.29 is 9.53 Å². The van der Waals surface area contributed by atoms with Crippen LogP contribution in [0.1, 0.15) is 28.9 Å². The predicted octanol–water partition coefficient (Wildman–Crippen LogP) is 3.26. The molecule has 1 heterocycles. The summed E-state index contributed by atoms with van der Waals surface area (Å²) in [5.74, 6) is 0.218. The predicted molar refractivity (Wildman–Crippen MR) is 76.3 cm³/mol. The number of carbonyl (C=O) groups is 1. The monoisotopic (exact) mass is 267 g/mol. The van der Waals surface area contributed by atoms with E-state index in [-0.39, 0.29) is 17.8 Å². The minimum absolute atomic E-state index is 0.0747. The van der Waals surface area contributed by atoms with Crippen LogP contribution in [0.5, 0.6) is 0 Å². The Balaban J connectivity index is 1.46. The number of hydrogen-bond acceptors (Lipinski definition) is 3. The van der Waals surface area contributed by atoms with E-state index < -0.39 is 0 Å². The third kappa shape index (κ3) is 2.94. The maximum absolute atomic E-state index is 12.1. The third-order valence-electron chi connectivity index (χ3n) is 3.71. The van der Waals surface area contributed by atoms with Gasteiger partial charge < -0.3 is 4.74 Å². The van der Waals surface area contributed by atoms with Crippen molar-refractivity contribution >= 4 is 5.78 Å². The molecule has 1 aromatic carbocycles. The van der Waals surface area contributed by atoms with Crippen molar-refractivity contribution in [3.05, 3.63) is 66.0 Å². The van der Waals surface area contributed by atoms with Crippen molar-refractivity contribution in [1.29, 1.82) is 0 Å². The Kier molecular flexibility index (Phi) is 3.88. The molecule has 0 spiro atoms. The number of aromatic nitrogens is 1. The molecule has 1 aliphatic rings. The van der Waals surface area contributed by atoms with E-state index in [2.05, 4.69) is 17.1 Å². The zero-order valence-corrected chi connectivity index (χ0v) is 11.2. The van der Waals surface area contributed by atoms with Crippen LogP contribution in [0.3, 0.4) is 0 Å². The number of Topliss-reactive ketones (excluding diaryl/α,β-unsaturated/α-hetero) is 1. The number of nitrogens with zero attached hydrogens (tertiary/aromatic N) is 1. The molecule has 20 heavy (non-hydrogen) atoms. The maximum atomic E-state index is 12.1. The summed E-state index contributed by atoms with van der Waals surface area (Å²) in [6.07, 6.45) is 3.48. The van der Waals surface area contributed by atoms with Gasteiger partial charge in [-0.1, -0.05) is 36.4 Å². The molecule has 3 rings (SSSR count). The SMILES string of the molecule is O=C(c1ccccn1)C1CC(OCc2ccccc2)C1.